The zero-order chi connectivity index (χ0) is 16.0. The molecule has 23 heavy (non-hydrogen) atoms. The fraction of sp³-hybridized carbons (Fsp3) is 0.562. The maximum atomic E-state index is 12.9. The molecule has 124 valence electrons. The van der Waals surface area contributed by atoms with Crippen LogP contribution in [-0.2, 0) is 17.5 Å². The molecule has 0 spiro atoms. The SMILES string of the molecule is FC(F)(F)c1ccc2c(c1)nc1n2[C@@H](CNC2CCC2)COC1. The Labute approximate surface area is 131 Å². The third kappa shape index (κ3) is 2.72. The molecule has 1 saturated carbocycles. The normalized spacial score (nSPS) is 22.1. The molecule has 0 radical (unpaired) electrons. The molecule has 0 bridgehead atoms. The van der Waals surface area contributed by atoms with Crippen LogP contribution >= 0.6 is 0 Å². The fourth-order valence-corrected chi connectivity index (χ4v) is 3.26. The highest BCUT2D eigenvalue weighted by atomic mass is 19.4. The van der Waals surface area contributed by atoms with Gasteiger partial charge in [-0.05, 0) is 31.0 Å². The van der Waals surface area contributed by atoms with Crippen LogP contribution in [0.15, 0.2) is 18.2 Å². The van der Waals surface area contributed by atoms with Gasteiger partial charge in [-0.1, -0.05) is 6.42 Å². The molecule has 0 saturated heterocycles. The lowest BCUT2D eigenvalue weighted by atomic mass is 9.93. The van der Waals surface area contributed by atoms with E-state index < -0.39 is 11.7 Å². The van der Waals surface area contributed by atoms with Crippen molar-refractivity contribution in [1.29, 1.82) is 0 Å². The number of nitrogens with zero attached hydrogens (tertiary/aromatic N) is 2. The summed E-state index contributed by atoms with van der Waals surface area (Å²) in [6.07, 6.45) is -0.696. The van der Waals surface area contributed by atoms with Gasteiger partial charge in [0.1, 0.15) is 12.4 Å². The standard InChI is InChI=1S/C16H18F3N3O/c17-16(18,19)10-4-5-14-13(6-10)21-15-9-23-8-12(22(14)15)7-20-11-2-1-3-11/h4-6,11-12,20H,1-3,7-9H2/t12-/m0/s1. The highest BCUT2D eigenvalue weighted by molar-refractivity contribution is 5.77. The van der Waals surface area contributed by atoms with Gasteiger partial charge in [0.25, 0.3) is 0 Å². The van der Waals surface area contributed by atoms with E-state index >= 15 is 0 Å². The topological polar surface area (TPSA) is 39.1 Å². The largest absolute Gasteiger partial charge is 0.416 e. The first kappa shape index (κ1) is 15.0. The summed E-state index contributed by atoms with van der Waals surface area (Å²) < 4.78 is 46.2. The zero-order valence-electron chi connectivity index (χ0n) is 12.6. The minimum Gasteiger partial charge on any atom is -0.371 e. The Balaban J connectivity index is 1.66. The van der Waals surface area contributed by atoms with Gasteiger partial charge in [0.2, 0.25) is 0 Å². The maximum Gasteiger partial charge on any atom is 0.416 e. The molecule has 4 nitrogen and oxygen atoms in total. The molecule has 2 aromatic rings. The van der Waals surface area contributed by atoms with Crippen LogP contribution in [0.25, 0.3) is 11.0 Å². The molecule has 1 atom stereocenters. The van der Waals surface area contributed by atoms with Crippen molar-refractivity contribution in [2.24, 2.45) is 0 Å². The van der Waals surface area contributed by atoms with Crippen LogP contribution in [0.2, 0.25) is 0 Å². The number of ether oxygens (including phenoxy) is 1. The van der Waals surface area contributed by atoms with Crippen molar-refractivity contribution in [2.75, 3.05) is 13.2 Å². The van der Waals surface area contributed by atoms with Crippen LogP contribution in [-0.4, -0.2) is 28.7 Å². The summed E-state index contributed by atoms with van der Waals surface area (Å²) in [5.74, 6) is 0.700. The van der Waals surface area contributed by atoms with Crippen molar-refractivity contribution in [2.45, 2.75) is 44.1 Å². The molecule has 2 aliphatic rings. The van der Waals surface area contributed by atoms with E-state index in [4.69, 9.17) is 4.74 Å². The van der Waals surface area contributed by atoms with Gasteiger partial charge < -0.3 is 14.6 Å². The van der Waals surface area contributed by atoms with Crippen molar-refractivity contribution >= 4 is 11.0 Å². The van der Waals surface area contributed by atoms with Gasteiger partial charge in [0.15, 0.2) is 0 Å². The molecule has 1 aromatic carbocycles. The maximum absolute atomic E-state index is 12.9. The molecule has 1 fully saturated rings. The van der Waals surface area contributed by atoms with Gasteiger partial charge in [0, 0.05) is 12.6 Å². The number of nitrogens with one attached hydrogen (secondary N) is 1. The molecule has 7 heteroatoms. The molecule has 0 amide bonds. The van der Waals surface area contributed by atoms with Gasteiger partial charge in [0.05, 0.1) is 29.2 Å². The van der Waals surface area contributed by atoms with Crippen LogP contribution in [0.3, 0.4) is 0 Å². The predicted octanol–water partition coefficient (Wildman–Crippen LogP) is 3.27. The number of imidazole rings is 1. The Bertz CT molecular complexity index is 721. The average molecular weight is 325 g/mol. The van der Waals surface area contributed by atoms with E-state index in [1.54, 1.807) is 0 Å². The molecular weight excluding hydrogens is 307 g/mol. The Hall–Kier alpha value is -1.60. The van der Waals surface area contributed by atoms with Crippen molar-refractivity contribution in [3.8, 4) is 0 Å². The smallest absolute Gasteiger partial charge is 0.371 e. The van der Waals surface area contributed by atoms with E-state index in [9.17, 15) is 13.2 Å². The number of hydrogen-bond acceptors (Lipinski definition) is 3. The third-order valence-electron chi connectivity index (χ3n) is 4.74. The molecule has 1 aliphatic heterocycles. The summed E-state index contributed by atoms with van der Waals surface area (Å²) in [6, 6.07) is 4.41. The van der Waals surface area contributed by atoms with E-state index in [1.165, 1.54) is 25.3 Å². The first-order chi connectivity index (χ1) is 11.0. The van der Waals surface area contributed by atoms with E-state index in [1.807, 2.05) is 4.57 Å². The average Bonchev–Trinajstić information content (AvgIpc) is 2.83. The summed E-state index contributed by atoms with van der Waals surface area (Å²) in [6.45, 7) is 1.65. The lowest BCUT2D eigenvalue weighted by molar-refractivity contribution is -0.137. The van der Waals surface area contributed by atoms with Crippen LogP contribution in [0.1, 0.15) is 36.7 Å². The first-order valence-corrected chi connectivity index (χ1v) is 7.91. The molecule has 1 aliphatic carbocycles. The number of alkyl halides is 3. The van der Waals surface area contributed by atoms with Gasteiger partial charge in [-0.2, -0.15) is 13.2 Å². The number of aromatic nitrogens is 2. The number of benzene rings is 1. The van der Waals surface area contributed by atoms with Crippen LogP contribution < -0.4 is 5.32 Å². The van der Waals surface area contributed by atoms with Crippen LogP contribution in [0.5, 0.6) is 0 Å². The minimum atomic E-state index is -4.35. The minimum absolute atomic E-state index is 0.0705. The summed E-state index contributed by atoms with van der Waals surface area (Å²) >= 11 is 0. The third-order valence-corrected chi connectivity index (χ3v) is 4.74. The molecule has 2 heterocycles. The predicted molar refractivity (Wildman–Crippen MR) is 79.1 cm³/mol. The van der Waals surface area contributed by atoms with Crippen LogP contribution in [0.4, 0.5) is 13.2 Å². The molecule has 1 aromatic heterocycles. The van der Waals surface area contributed by atoms with Crippen molar-refractivity contribution in [1.82, 2.24) is 14.9 Å². The highest BCUT2D eigenvalue weighted by Gasteiger charge is 2.32. The quantitative estimate of drug-likeness (QED) is 0.941. The van der Waals surface area contributed by atoms with E-state index in [2.05, 4.69) is 10.3 Å². The van der Waals surface area contributed by atoms with E-state index in [0.717, 1.165) is 24.2 Å². The zero-order valence-corrected chi connectivity index (χ0v) is 12.6. The monoisotopic (exact) mass is 325 g/mol. The lowest BCUT2D eigenvalue weighted by Crippen LogP contribution is -2.41. The second-order valence-corrected chi connectivity index (χ2v) is 6.30. The van der Waals surface area contributed by atoms with Gasteiger partial charge in [-0.25, -0.2) is 4.98 Å². The Morgan fingerprint density at radius 3 is 2.83 bits per heavy atom. The number of rotatable bonds is 3. The van der Waals surface area contributed by atoms with Crippen molar-refractivity contribution < 1.29 is 17.9 Å². The highest BCUT2D eigenvalue weighted by Crippen LogP contribution is 2.33. The number of fused-ring (bicyclic) bond motifs is 3. The van der Waals surface area contributed by atoms with Crippen molar-refractivity contribution in [3.05, 3.63) is 29.6 Å². The van der Waals surface area contributed by atoms with Gasteiger partial charge in [-0.15, -0.1) is 0 Å². The van der Waals surface area contributed by atoms with E-state index in [0.29, 0.717) is 30.6 Å². The summed E-state index contributed by atoms with van der Waals surface area (Å²) in [7, 11) is 0. The van der Waals surface area contributed by atoms with Gasteiger partial charge in [-0.3, -0.25) is 0 Å². The molecule has 1 N–H and O–H groups in total. The Morgan fingerprint density at radius 2 is 2.13 bits per heavy atom. The Morgan fingerprint density at radius 1 is 1.30 bits per heavy atom. The fourth-order valence-electron chi connectivity index (χ4n) is 3.26. The summed E-state index contributed by atoms with van der Waals surface area (Å²) in [5, 5.41) is 3.51. The number of hydrogen-bond donors (Lipinski definition) is 1. The second-order valence-electron chi connectivity index (χ2n) is 6.30. The second kappa shape index (κ2) is 5.49. The van der Waals surface area contributed by atoms with Crippen LogP contribution in [0, 0.1) is 0 Å². The summed E-state index contributed by atoms with van der Waals surface area (Å²) in [5.41, 5.74) is 0.469. The van der Waals surface area contributed by atoms with Gasteiger partial charge >= 0.3 is 6.18 Å². The lowest BCUT2D eigenvalue weighted by Gasteiger charge is -2.31. The summed E-state index contributed by atoms with van der Waals surface area (Å²) in [4.78, 5) is 4.35. The van der Waals surface area contributed by atoms with E-state index in [-0.39, 0.29) is 6.04 Å². The first-order valence-electron chi connectivity index (χ1n) is 7.91. The van der Waals surface area contributed by atoms with Crippen molar-refractivity contribution in [3.63, 3.8) is 0 Å². The Kier molecular flexibility index (Phi) is 3.57. The molecule has 4 rings (SSSR count). The molecular formula is C16H18F3N3O. The molecule has 0 unspecified atom stereocenters. The number of halogens is 3.